The van der Waals surface area contributed by atoms with E-state index in [9.17, 15) is 4.79 Å². The van der Waals surface area contributed by atoms with Gasteiger partial charge in [-0.25, -0.2) is 5.84 Å². The maximum Gasteiger partial charge on any atom is 0.238 e. The largest absolute Gasteiger partial charge is 0.396 e. The molecule has 1 aromatic carbocycles. The van der Waals surface area contributed by atoms with Crippen LogP contribution in [0.2, 0.25) is 0 Å². The molecule has 18 heavy (non-hydrogen) atoms. The molecule has 100 valence electrons. The van der Waals surface area contributed by atoms with Gasteiger partial charge in [0, 0.05) is 19.7 Å². The van der Waals surface area contributed by atoms with E-state index in [1.54, 1.807) is 0 Å². The second kappa shape index (κ2) is 7.81. The first-order chi connectivity index (χ1) is 8.65. The molecule has 4 N–H and O–H groups in total. The number of hydrogen-bond acceptors (Lipinski definition) is 4. The first-order valence-corrected chi connectivity index (χ1v) is 6.02. The van der Waals surface area contributed by atoms with Crippen molar-refractivity contribution >= 4 is 5.91 Å². The topological polar surface area (TPSA) is 78.6 Å². The van der Waals surface area contributed by atoms with Crippen LogP contribution in [0.25, 0.3) is 0 Å². The fraction of sp³-hybridized carbons (Fsp3) is 0.462. The number of nitrogens with one attached hydrogen (secondary N) is 1. The molecule has 0 aliphatic carbocycles. The molecule has 0 heterocycles. The molecule has 0 fully saturated rings. The SMILES string of the molecule is CN(CCCO)Cc1ccc(CC(=O)NN)cc1. The number of amides is 1. The number of nitrogens with two attached hydrogens (primary N) is 1. The normalized spacial score (nSPS) is 10.7. The smallest absolute Gasteiger partial charge is 0.238 e. The zero-order valence-electron chi connectivity index (χ0n) is 10.7. The van der Waals surface area contributed by atoms with Crippen molar-refractivity contribution in [2.24, 2.45) is 5.84 Å². The summed E-state index contributed by atoms with van der Waals surface area (Å²) in [5.41, 5.74) is 4.24. The average molecular weight is 251 g/mol. The summed E-state index contributed by atoms with van der Waals surface area (Å²) in [6.45, 7) is 1.93. The van der Waals surface area contributed by atoms with Crippen LogP contribution in [0.1, 0.15) is 17.5 Å². The van der Waals surface area contributed by atoms with Crippen molar-refractivity contribution in [3.05, 3.63) is 35.4 Å². The molecular weight excluding hydrogens is 230 g/mol. The Balaban J connectivity index is 2.47. The molecule has 0 aliphatic heterocycles. The predicted octanol–water partition coefficient (Wildman–Crippen LogP) is 0.0332. The minimum atomic E-state index is -0.192. The Morgan fingerprint density at radius 2 is 1.94 bits per heavy atom. The summed E-state index contributed by atoms with van der Waals surface area (Å²) >= 11 is 0. The van der Waals surface area contributed by atoms with E-state index >= 15 is 0 Å². The number of carbonyl (C=O) groups is 1. The Labute approximate surface area is 108 Å². The molecule has 5 nitrogen and oxygen atoms in total. The fourth-order valence-corrected chi connectivity index (χ4v) is 1.73. The Kier molecular flexibility index (Phi) is 6.35. The second-order valence-corrected chi connectivity index (χ2v) is 4.38. The first kappa shape index (κ1) is 14.6. The molecule has 0 bridgehead atoms. The van der Waals surface area contributed by atoms with Crippen LogP contribution in [0, 0.1) is 0 Å². The van der Waals surface area contributed by atoms with Crippen LogP contribution < -0.4 is 11.3 Å². The van der Waals surface area contributed by atoms with Gasteiger partial charge in [0.15, 0.2) is 0 Å². The van der Waals surface area contributed by atoms with Crippen molar-refractivity contribution in [1.82, 2.24) is 10.3 Å². The average Bonchev–Trinajstić information content (AvgIpc) is 2.38. The van der Waals surface area contributed by atoms with Crippen molar-refractivity contribution < 1.29 is 9.90 Å². The maximum absolute atomic E-state index is 11.1. The highest BCUT2D eigenvalue weighted by atomic mass is 16.3. The molecule has 1 amide bonds. The van der Waals surface area contributed by atoms with Crippen molar-refractivity contribution in [1.29, 1.82) is 0 Å². The lowest BCUT2D eigenvalue weighted by atomic mass is 10.1. The third kappa shape index (κ3) is 5.27. The number of benzene rings is 1. The molecule has 0 aromatic heterocycles. The summed E-state index contributed by atoms with van der Waals surface area (Å²) in [5, 5.41) is 8.75. The molecule has 0 saturated carbocycles. The predicted molar refractivity (Wildman–Crippen MR) is 70.5 cm³/mol. The third-order valence-electron chi connectivity index (χ3n) is 2.70. The highest BCUT2D eigenvalue weighted by molar-refractivity contribution is 5.77. The van der Waals surface area contributed by atoms with Crippen molar-refractivity contribution in [2.75, 3.05) is 20.2 Å². The van der Waals surface area contributed by atoms with Gasteiger partial charge in [0.1, 0.15) is 0 Å². The molecule has 0 aliphatic rings. The lowest BCUT2D eigenvalue weighted by Gasteiger charge is -2.16. The molecule has 0 atom stereocenters. The monoisotopic (exact) mass is 251 g/mol. The van der Waals surface area contributed by atoms with Gasteiger partial charge in [0.2, 0.25) is 5.91 Å². The quantitative estimate of drug-likeness (QED) is 0.363. The Bertz CT molecular complexity index is 365. The van der Waals surface area contributed by atoms with E-state index in [2.05, 4.69) is 10.3 Å². The van der Waals surface area contributed by atoms with Crippen LogP contribution in [-0.2, 0) is 17.8 Å². The van der Waals surface area contributed by atoms with Crippen LogP contribution in [-0.4, -0.2) is 36.1 Å². The molecule has 0 radical (unpaired) electrons. The van der Waals surface area contributed by atoms with Crippen LogP contribution in [0.5, 0.6) is 0 Å². The third-order valence-corrected chi connectivity index (χ3v) is 2.70. The van der Waals surface area contributed by atoms with Gasteiger partial charge in [-0.15, -0.1) is 0 Å². The van der Waals surface area contributed by atoms with Crippen LogP contribution in [0.4, 0.5) is 0 Å². The molecule has 5 heteroatoms. The van der Waals surface area contributed by atoms with E-state index in [-0.39, 0.29) is 12.5 Å². The van der Waals surface area contributed by atoms with Gasteiger partial charge in [-0.3, -0.25) is 10.2 Å². The summed E-state index contributed by atoms with van der Waals surface area (Å²) in [7, 11) is 2.02. The second-order valence-electron chi connectivity index (χ2n) is 4.38. The molecular formula is C13H21N3O2. The number of nitrogens with zero attached hydrogens (tertiary/aromatic N) is 1. The number of carbonyl (C=O) groups excluding carboxylic acids is 1. The standard InChI is InChI=1S/C13H21N3O2/c1-16(7-2-8-17)10-12-5-3-11(4-6-12)9-13(18)15-14/h3-6,17H,2,7-10,14H2,1H3,(H,15,18). The first-order valence-electron chi connectivity index (χ1n) is 6.02. The van der Waals surface area contributed by atoms with E-state index in [1.807, 2.05) is 31.3 Å². The molecule has 0 unspecified atom stereocenters. The van der Waals surface area contributed by atoms with Gasteiger partial charge < -0.3 is 10.0 Å². The van der Waals surface area contributed by atoms with Crippen molar-refractivity contribution in [2.45, 2.75) is 19.4 Å². The summed E-state index contributed by atoms with van der Waals surface area (Å²) in [5.74, 6) is 4.84. The van der Waals surface area contributed by atoms with Gasteiger partial charge >= 0.3 is 0 Å². The van der Waals surface area contributed by atoms with E-state index in [0.717, 1.165) is 25.1 Å². The van der Waals surface area contributed by atoms with E-state index in [0.29, 0.717) is 6.42 Å². The number of aliphatic hydroxyl groups is 1. The molecule has 0 spiro atoms. The van der Waals surface area contributed by atoms with Gasteiger partial charge in [-0.1, -0.05) is 24.3 Å². The van der Waals surface area contributed by atoms with E-state index < -0.39 is 0 Å². The Morgan fingerprint density at radius 3 is 2.50 bits per heavy atom. The summed E-state index contributed by atoms with van der Waals surface area (Å²) in [6.07, 6.45) is 1.09. The molecule has 1 aromatic rings. The minimum absolute atomic E-state index is 0.192. The summed E-state index contributed by atoms with van der Waals surface area (Å²) in [4.78, 5) is 13.2. The van der Waals surface area contributed by atoms with E-state index in [4.69, 9.17) is 10.9 Å². The Morgan fingerprint density at radius 1 is 1.33 bits per heavy atom. The summed E-state index contributed by atoms with van der Waals surface area (Å²) < 4.78 is 0. The van der Waals surface area contributed by atoms with Gasteiger partial charge in [-0.05, 0) is 24.6 Å². The highest BCUT2D eigenvalue weighted by Crippen LogP contribution is 2.07. The van der Waals surface area contributed by atoms with Crippen molar-refractivity contribution in [3.8, 4) is 0 Å². The number of aliphatic hydroxyl groups excluding tert-OH is 1. The van der Waals surface area contributed by atoms with Gasteiger partial charge in [-0.2, -0.15) is 0 Å². The zero-order chi connectivity index (χ0) is 13.4. The minimum Gasteiger partial charge on any atom is -0.396 e. The van der Waals surface area contributed by atoms with Crippen molar-refractivity contribution in [3.63, 3.8) is 0 Å². The van der Waals surface area contributed by atoms with Gasteiger partial charge in [0.05, 0.1) is 6.42 Å². The van der Waals surface area contributed by atoms with Gasteiger partial charge in [0.25, 0.3) is 0 Å². The number of rotatable bonds is 7. The number of hydrogen-bond donors (Lipinski definition) is 3. The fourth-order valence-electron chi connectivity index (χ4n) is 1.73. The zero-order valence-corrected chi connectivity index (χ0v) is 10.7. The lowest BCUT2D eigenvalue weighted by Crippen LogP contribution is -2.31. The Hall–Kier alpha value is -1.43. The molecule has 1 rings (SSSR count). The van der Waals surface area contributed by atoms with Crippen LogP contribution >= 0.6 is 0 Å². The highest BCUT2D eigenvalue weighted by Gasteiger charge is 2.03. The summed E-state index contributed by atoms with van der Waals surface area (Å²) in [6, 6.07) is 7.89. The lowest BCUT2D eigenvalue weighted by molar-refractivity contribution is -0.120. The van der Waals surface area contributed by atoms with Crippen LogP contribution in [0.15, 0.2) is 24.3 Å². The number of hydrazine groups is 1. The maximum atomic E-state index is 11.1. The van der Waals surface area contributed by atoms with Crippen LogP contribution in [0.3, 0.4) is 0 Å². The molecule has 0 saturated heterocycles. The van der Waals surface area contributed by atoms with E-state index in [1.165, 1.54) is 5.56 Å².